The SMILES string of the molecule is CCC1O[B]OC1C. The summed E-state index contributed by atoms with van der Waals surface area (Å²) in [7, 11) is 1.43. The van der Waals surface area contributed by atoms with E-state index in [1.165, 1.54) is 7.69 Å². The summed E-state index contributed by atoms with van der Waals surface area (Å²) in [4.78, 5) is 0. The molecular formula is C5H10BO2. The Labute approximate surface area is 50.5 Å². The summed E-state index contributed by atoms with van der Waals surface area (Å²) in [6, 6.07) is 0. The van der Waals surface area contributed by atoms with Gasteiger partial charge >= 0.3 is 7.69 Å². The van der Waals surface area contributed by atoms with Crippen LogP contribution in [0.1, 0.15) is 20.3 Å². The molecule has 0 aliphatic carbocycles. The zero-order valence-electron chi connectivity index (χ0n) is 5.26. The van der Waals surface area contributed by atoms with Crippen LogP contribution in [0.3, 0.4) is 0 Å². The standard InChI is InChI=1S/C5H10BO2/c1-3-5-4(2)7-6-8-5/h4-5H,3H2,1-2H3. The van der Waals surface area contributed by atoms with Gasteiger partial charge in [-0.15, -0.1) is 0 Å². The zero-order valence-corrected chi connectivity index (χ0v) is 5.26. The molecule has 0 saturated carbocycles. The molecule has 1 heterocycles. The van der Waals surface area contributed by atoms with Gasteiger partial charge in [0.1, 0.15) is 0 Å². The topological polar surface area (TPSA) is 18.5 Å². The van der Waals surface area contributed by atoms with E-state index in [9.17, 15) is 0 Å². The van der Waals surface area contributed by atoms with Crippen LogP contribution in [0, 0.1) is 0 Å². The molecule has 0 bridgehead atoms. The molecule has 8 heavy (non-hydrogen) atoms. The molecule has 1 rings (SSSR count). The summed E-state index contributed by atoms with van der Waals surface area (Å²) >= 11 is 0. The van der Waals surface area contributed by atoms with Crippen molar-refractivity contribution >= 4 is 7.69 Å². The van der Waals surface area contributed by atoms with Gasteiger partial charge < -0.3 is 9.31 Å². The fourth-order valence-corrected chi connectivity index (χ4v) is 0.817. The van der Waals surface area contributed by atoms with Gasteiger partial charge in [0, 0.05) is 0 Å². The van der Waals surface area contributed by atoms with E-state index < -0.39 is 0 Å². The van der Waals surface area contributed by atoms with E-state index >= 15 is 0 Å². The van der Waals surface area contributed by atoms with Crippen LogP contribution in [0.4, 0.5) is 0 Å². The van der Waals surface area contributed by atoms with Gasteiger partial charge in [0.15, 0.2) is 0 Å². The van der Waals surface area contributed by atoms with Crippen molar-refractivity contribution in [3.8, 4) is 0 Å². The van der Waals surface area contributed by atoms with Crippen molar-refractivity contribution < 1.29 is 9.31 Å². The summed E-state index contributed by atoms with van der Waals surface area (Å²) in [5, 5.41) is 0. The van der Waals surface area contributed by atoms with Gasteiger partial charge in [-0.3, -0.25) is 0 Å². The lowest BCUT2D eigenvalue weighted by atomic mass is 10.2. The Morgan fingerprint density at radius 2 is 2.25 bits per heavy atom. The second-order valence-electron chi connectivity index (χ2n) is 2.02. The normalized spacial score (nSPS) is 37.2. The number of hydrogen-bond acceptors (Lipinski definition) is 2. The first-order chi connectivity index (χ1) is 3.84. The van der Waals surface area contributed by atoms with Gasteiger partial charge in [0.2, 0.25) is 0 Å². The Hall–Kier alpha value is -0.0151. The molecule has 3 heteroatoms. The molecule has 2 nitrogen and oxygen atoms in total. The zero-order chi connectivity index (χ0) is 5.98. The second kappa shape index (κ2) is 2.51. The lowest BCUT2D eigenvalue weighted by molar-refractivity contribution is 0.166. The van der Waals surface area contributed by atoms with E-state index in [4.69, 9.17) is 9.31 Å². The van der Waals surface area contributed by atoms with Crippen molar-refractivity contribution in [1.29, 1.82) is 0 Å². The van der Waals surface area contributed by atoms with Crippen LogP contribution in [0.5, 0.6) is 0 Å². The third kappa shape index (κ3) is 1.04. The van der Waals surface area contributed by atoms with E-state index in [1.807, 2.05) is 6.92 Å². The van der Waals surface area contributed by atoms with E-state index in [0.717, 1.165) is 6.42 Å². The average Bonchev–Trinajstić information content (AvgIpc) is 2.14. The average molecular weight is 113 g/mol. The first kappa shape index (κ1) is 6.11. The third-order valence-electron chi connectivity index (χ3n) is 1.43. The molecule has 1 aliphatic rings. The second-order valence-corrected chi connectivity index (χ2v) is 2.02. The van der Waals surface area contributed by atoms with Crippen molar-refractivity contribution in [3.05, 3.63) is 0 Å². The van der Waals surface area contributed by atoms with Crippen LogP contribution >= 0.6 is 0 Å². The molecule has 0 aromatic carbocycles. The van der Waals surface area contributed by atoms with Crippen LogP contribution in [-0.2, 0) is 9.31 Å². The maximum atomic E-state index is 5.07. The summed E-state index contributed by atoms with van der Waals surface area (Å²) < 4.78 is 10.1. The molecule has 0 aromatic heterocycles. The minimum atomic E-state index is 0.250. The Morgan fingerprint density at radius 1 is 1.50 bits per heavy atom. The molecule has 1 aliphatic heterocycles. The third-order valence-corrected chi connectivity index (χ3v) is 1.43. The summed E-state index contributed by atoms with van der Waals surface area (Å²) in [6.45, 7) is 4.10. The molecule has 45 valence electrons. The minimum absolute atomic E-state index is 0.250. The van der Waals surface area contributed by atoms with Crippen LogP contribution in [-0.4, -0.2) is 19.9 Å². The molecule has 1 saturated heterocycles. The summed E-state index contributed by atoms with van der Waals surface area (Å²) in [5.41, 5.74) is 0. The van der Waals surface area contributed by atoms with Crippen LogP contribution in [0.2, 0.25) is 0 Å². The molecule has 2 atom stereocenters. The molecule has 0 spiro atoms. The quantitative estimate of drug-likeness (QED) is 0.466. The first-order valence-electron chi connectivity index (χ1n) is 2.97. The lowest BCUT2D eigenvalue weighted by Crippen LogP contribution is -2.17. The van der Waals surface area contributed by atoms with Gasteiger partial charge in [0.05, 0.1) is 12.2 Å². The molecular weight excluding hydrogens is 103 g/mol. The van der Waals surface area contributed by atoms with Gasteiger partial charge in [-0.2, -0.15) is 0 Å². The minimum Gasteiger partial charge on any atom is -0.408 e. The van der Waals surface area contributed by atoms with Crippen molar-refractivity contribution in [2.75, 3.05) is 0 Å². The Balaban J connectivity index is 2.30. The van der Waals surface area contributed by atoms with Crippen molar-refractivity contribution in [2.24, 2.45) is 0 Å². The van der Waals surface area contributed by atoms with E-state index in [2.05, 4.69) is 6.92 Å². The Bertz CT molecular complexity index is 76.8. The maximum absolute atomic E-state index is 5.07. The maximum Gasteiger partial charge on any atom is 0.488 e. The number of hydrogen-bond donors (Lipinski definition) is 0. The highest BCUT2D eigenvalue weighted by molar-refractivity contribution is 6.19. The van der Waals surface area contributed by atoms with E-state index in [1.54, 1.807) is 0 Å². The highest BCUT2D eigenvalue weighted by atomic mass is 16.6. The highest BCUT2D eigenvalue weighted by Crippen LogP contribution is 2.12. The van der Waals surface area contributed by atoms with E-state index in [0.29, 0.717) is 0 Å². The van der Waals surface area contributed by atoms with Crippen LogP contribution in [0.25, 0.3) is 0 Å². The monoisotopic (exact) mass is 113 g/mol. The fourth-order valence-electron chi connectivity index (χ4n) is 0.817. The summed E-state index contributed by atoms with van der Waals surface area (Å²) in [6.07, 6.45) is 1.56. The predicted octanol–water partition coefficient (Wildman–Crippen LogP) is 0.734. The van der Waals surface area contributed by atoms with Gasteiger partial charge in [-0.1, -0.05) is 6.92 Å². The summed E-state index contributed by atoms with van der Waals surface area (Å²) in [5.74, 6) is 0. The van der Waals surface area contributed by atoms with Gasteiger partial charge in [-0.25, -0.2) is 0 Å². The first-order valence-corrected chi connectivity index (χ1v) is 2.97. The van der Waals surface area contributed by atoms with Crippen LogP contribution in [0.15, 0.2) is 0 Å². The molecule has 1 radical (unpaired) electrons. The molecule has 2 unspecified atom stereocenters. The smallest absolute Gasteiger partial charge is 0.408 e. The lowest BCUT2D eigenvalue weighted by Gasteiger charge is -2.09. The molecule has 0 aromatic rings. The largest absolute Gasteiger partial charge is 0.488 e. The van der Waals surface area contributed by atoms with Crippen LogP contribution < -0.4 is 0 Å². The Kier molecular flexibility index (Phi) is 1.92. The van der Waals surface area contributed by atoms with Gasteiger partial charge in [0.25, 0.3) is 0 Å². The highest BCUT2D eigenvalue weighted by Gasteiger charge is 2.24. The van der Waals surface area contributed by atoms with Crippen molar-refractivity contribution in [3.63, 3.8) is 0 Å². The predicted molar refractivity (Wildman–Crippen MR) is 31.5 cm³/mol. The molecule has 1 fully saturated rings. The fraction of sp³-hybridized carbons (Fsp3) is 1.00. The van der Waals surface area contributed by atoms with Crippen molar-refractivity contribution in [1.82, 2.24) is 0 Å². The molecule has 0 N–H and O–H groups in total. The van der Waals surface area contributed by atoms with Gasteiger partial charge in [-0.05, 0) is 13.3 Å². The molecule has 0 amide bonds. The van der Waals surface area contributed by atoms with Crippen molar-refractivity contribution in [2.45, 2.75) is 32.5 Å². The van der Waals surface area contributed by atoms with E-state index in [-0.39, 0.29) is 12.2 Å². The Morgan fingerprint density at radius 3 is 2.50 bits per heavy atom. The number of rotatable bonds is 1.